The van der Waals surface area contributed by atoms with Crippen molar-refractivity contribution in [2.24, 2.45) is 0 Å². The van der Waals surface area contributed by atoms with Crippen molar-refractivity contribution in [3.8, 4) is 5.75 Å². The molecule has 0 radical (unpaired) electrons. The maximum Gasteiger partial charge on any atom is 0.249 e. The van der Waals surface area contributed by atoms with Gasteiger partial charge in [-0.3, -0.25) is 14.5 Å². The topological polar surface area (TPSA) is 69.0 Å². The summed E-state index contributed by atoms with van der Waals surface area (Å²) in [7, 11) is 1.62. The Labute approximate surface area is 134 Å². The molecule has 1 N–H and O–H groups in total. The Morgan fingerprint density at radius 3 is 2.83 bits per heavy atom. The summed E-state index contributed by atoms with van der Waals surface area (Å²) >= 11 is 0. The number of aryl methyl sites for hydroxylation is 1. The summed E-state index contributed by atoms with van der Waals surface area (Å²) in [6, 6.07) is 9.01. The number of hydrogen-bond donors (Lipinski definition) is 1. The molecular formula is C17H18N4O2. The van der Waals surface area contributed by atoms with E-state index in [2.05, 4.69) is 15.4 Å². The molecule has 2 heterocycles. The second-order valence-corrected chi connectivity index (χ2v) is 5.37. The molecule has 118 valence electrons. The Morgan fingerprint density at radius 1 is 1.30 bits per heavy atom. The number of hydrogen-bond acceptors (Lipinski definition) is 4. The number of methoxy groups -OCH3 is 1. The van der Waals surface area contributed by atoms with Gasteiger partial charge in [0.25, 0.3) is 0 Å². The molecule has 0 bridgehead atoms. The maximum atomic E-state index is 12.4. The third-order valence-electron chi connectivity index (χ3n) is 3.77. The fourth-order valence-corrected chi connectivity index (χ4v) is 2.44. The minimum Gasteiger partial charge on any atom is -0.497 e. The van der Waals surface area contributed by atoms with Gasteiger partial charge in [0.1, 0.15) is 11.8 Å². The molecule has 3 aromatic rings. The number of pyridine rings is 1. The Balaban J connectivity index is 1.81. The zero-order valence-electron chi connectivity index (χ0n) is 13.3. The van der Waals surface area contributed by atoms with E-state index in [9.17, 15) is 4.79 Å². The zero-order chi connectivity index (χ0) is 16.4. The molecule has 0 aliphatic rings. The summed E-state index contributed by atoms with van der Waals surface area (Å²) in [5.41, 5.74) is 2.42. The second-order valence-electron chi connectivity index (χ2n) is 5.37. The monoisotopic (exact) mass is 310 g/mol. The average molecular weight is 310 g/mol. The quantitative estimate of drug-likeness (QED) is 0.804. The Morgan fingerprint density at radius 2 is 2.13 bits per heavy atom. The normalized spacial score (nSPS) is 12.1. The molecule has 6 heteroatoms. The highest BCUT2D eigenvalue weighted by Gasteiger charge is 2.17. The summed E-state index contributed by atoms with van der Waals surface area (Å²) in [5, 5.41) is 7.99. The van der Waals surface area contributed by atoms with Crippen molar-refractivity contribution < 1.29 is 9.53 Å². The fraction of sp³-hybridized carbons (Fsp3) is 0.235. The van der Waals surface area contributed by atoms with Gasteiger partial charge in [0, 0.05) is 23.3 Å². The number of benzene rings is 1. The second kappa shape index (κ2) is 6.08. The van der Waals surface area contributed by atoms with Gasteiger partial charge in [-0.05, 0) is 38.1 Å². The van der Waals surface area contributed by atoms with Crippen LogP contribution in [0.5, 0.6) is 5.75 Å². The van der Waals surface area contributed by atoms with Crippen LogP contribution in [0.3, 0.4) is 0 Å². The molecule has 23 heavy (non-hydrogen) atoms. The molecule has 0 aliphatic heterocycles. The molecule has 1 aromatic carbocycles. The van der Waals surface area contributed by atoms with Crippen molar-refractivity contribution in [2.75, 3.05) is 12.4 Å². The predicted molar refractivity (Wildman–Crippen MR) is 88.6 cm³/mol. The lowest BCUT2D eigenvalue weighted by molar-refractivity contribution is -0.119. The van der Waals surface area contributed by atoms with Crippen molar-refractivity contribution in [1.82, 2.24) is 14.8 Å². The van der Waals surface area contributed by atoms with Crippen molar-refractivity contribution in [3.05, 3.63) is 48.4 Å². The first-order valence-corrected chi connectivity index (χ1v) is 7.33. The fourth-order valence-electron chi connectivity index (χ4n) is 2.44. The highest BCUT2D eigenvalue weighted by atomic mass is 16.5. The van der Waals surface area contributed by atoms with E-state index in [-0.39, 0.29) is 5.91 Å². The lowest BCUT2D eigenvalue weighted by Crippen LogP contribution is -2.25. The largest absolute Gasteiger partial charge is 0.497 e. The van der Waals surface area contributed by atoms with Gasteiger partial charge in [-0.1, -0.05) is 0 Å². The standard InChI is InChI=1S/C17H18N4O2/c1-11-6-7-19-21(11)12(2)17(22)20-14-8-13-4-5-15(23-3)9-16(13)18-10-14/h4-10,12H,1-3H3,(H,20,22). The van der Waals surface area contributed by atoms with Gasteiger partial charge >= 0.3 is 0 Å². The van der Waals surface area contributed by atoms with E-state index in [1.807, 2.05) is 44.2 Å². The van der Waals surface area contributed by atoms with Crippen LogP contribution in [0.4, 0.5) is 5.69 Å². The maximum absolute atomic E-state index is 12.4. The van der Waals surface area contributed by atoms with Crippen LogP contribution < -0.4 is 10.1 Å². The summed E-state index contributed by atoms with van der Waals surface area (Å²) in [6.45, 7) is 3.73. The molecule has 0 saturated carbocycles. The van der Waals surface area contributed by atoms with Crippen LogP contribution in [-0.4, -0.2) is 27.8 Å². The van der Waals surface area contributed by atoms with Gasteiger partial charge < -0.3 is 10.1 Å². The highest BCUT2D eigenvalue weighted by molar-refractivity contribution is 5.95. The number of ether oxygens (including phenoxy) is 1. The molecule has 3 rings (SSSR count). The molecule has 1 atom stereocenters. The van der Waals surface area contributed by atoms with Gasteiger partial charge in [-0.25, -0.2) is 0 Å². The third-order valence-corrected chi connectivity index (χ3v) is 3.77. The van der Waals surface area contributed by atoms with Crippen LogP contribution in [0.15, 0.2) is 42.7 Å². The summed E-state index contributed by atoms with van der Waals surface area (Å²) in [4.78, 5) is 16.7. The molecule has 0 saturated heterocycles. The summed E-state index contributed by atoms with van der Waals surface area (Å²) in [6.07, 6.45) is 3.33. The van der Waals surface area contributed by atoms with Gasteiger partial charge in [0.2, 0.25) is 5.91 Å². The third kappa shape index (κ3) is 3.01. The Kier molecular flexibility index (Phi) is 3.97. The zero-order valence-corrected chi connectivity index (χ0v) is 13.3. The average Bonchev–Trinajstić information content (AvgIpc) is 2.99. The molecule has 1 unspecified atom stereocenters. The number of carbonyl (C=O) groups is 1. The Hall–Kier alpha value is -2.89. The van der Waals surface area contributed by atoms with Gasteiger partial charge in [-0.15, -0.1) is 0 Å². The van der Waals surface area contributed by atoms with E-state index < -0.39 is 6.04 Å². The van der Waals surface area contributed by atoms with Crippen LogP contribution in [0.2, 0.25) is 0 Å². The molecular weight excluding hydrogens is 292 g/mol. The number of nitrogens with zero attached hydrogens (tertiary/aromatic N) is 3. The molecule has 2 aromatic heterocycles. The first-order chi connectivity index (χ1) is 11.1. The van der Waals surface area contributed by atoms with Crippen LogP contribution in [0.1, 0.15) is 18.7 Å². The molecule has 0 aliphatic carbocycles. The van der Waals surface area contributed by atoms with Crippen LogP contribution in [0.25, 0.3) is 10.9 Å². The lowest BCUT2D eigenvalue weighted by atomic mass is 10.2. The van der Waals surface area contributed by atoms with Gasteiger partial charge in [0.05, 0.1) is 24.5 Å². The van der Waals surface area contributed by atoms with Crippen molar-refractivity contribution >= 4 is 22.5 Å². The van der Waals surface area contributed by atoms with E-state index in [0.717, 1.165) is 22.3 Å². The molecule has 1 amide bonds. The van der Waals surface area contributed by atoms with Crippen molar-refractivity contribution in [3.63, 3.8) is 0 Å². The number of carbonyl (C=O) groups excluding carboxylic acids is 1. The number of anilines is 1. The van der Waals surface area contributed by atoms with E-state index in [1.165, 1.54) is 0 Å². The SMILES string of the molecule is COc1ccc2cc(NC(=O)C(C)n3nccc3C)cnc2c1. The lowest BCUT2D eigenvalue weighted by Gasteiger charge is -2.14. The molecule has 0 fully saturated rings. The van der Waals surface area contributed by atoms with Crippen LogP contribution in [-0.2, 0) is 4.79 Å². The first-order valence-electron chi connectivity index (χ1n) is 7.33. The number of aromatic nitrogens is 3. The summed E-state index contributed by atoms with van der Waals surface area (Å²) < 4.78 is 6.87. The van der Waals surface area contributed by atoms with Crippen LogP contribution in [0, 0.1) is 6.92 Å². The minimum absolute atomic E-state index is 0.133. The number of fused-ring (bicyclic) bond motifs is 1. The van der Waals surface area contributed by atoms with E-state index in [0.29, 0.717) is 5.69 Å². The van der Waals surface area contributed by atoms with Gasteiger partial charge in [-0.2, -0.15) is 5.10 Å². The van der Waals surface area contributed by atoms with Gasteiger partial charge in [0.15, 0.2) is 0 Å². The predicted octanol–water partition coefficient (Wildman–Crippen LogP) is 2.95. The van der Waals surface area contributed by atoms with Crippen LogP contribution >= 0.6 is 0 Å². The van der Waals surface area contributed by atoms with E-state index >= 15 is 0 Å². The van der Waals surface area contributed by atoms with E-state index in [4.69, 9.17) is 4.74 Å². The van der Waals surface area contributed by atoms with Crippen molar-refractivity contribution in [2.45, 2.75) is 19.9 Å². The van der Waals surface area contributed by atoms with Crippen molar-refractivity contribution in [1.29, 1.82) is 0 Å². The number of rotatable bonds is 4. The molecule has 6 nitrogen and oxygen atoms in total. The molecule has 0 spiro atoms. The Bertz CT molecular complexity index is 857. The highest BCUT2D eigenvalue weighted by Crippen LogP contribution is 2.22. The number of amides is 1. The number of nitrogens with one attached hydrogen (secondary N) is 1. The van der Waals surface area contributed by atoms with E-state index in [1.54, 1.807) is 24.2 Å². The minimum atomic E-state index is -0.392. The summed E-state index contributed by atoms with van der Waals surface area (Å²) in [5.74, 6) is 0.621. The smallest absolute Gasteiger partial charge is 0.249 e. The first kappa shape index (κ1) is 15.0.